The maximum atomic E-state index is 13.8. The summed E-state index contributed by atoms with van der Waals surface area (Å²) in [4.78, 5) is 33.5. The predicted octanol–water partition coefficient (Wildman–Crippen LogP) is 7.12. The summed E-state index contributed by atoms with van der Waals surface area (Å²) in [6.07, 6.45) is 4.31. The van der Waals surface area contributed by atoms with Gasteiger partial charge in [-0.15, -0.1) is 23.1 Å². The molecule has 3 aromatic carbocycles. The lowest BCUT2D eigenvalue weighted by atomic mass is 10.1. The highest BCUT2D eigenvalue weighted by Crippen LogP contribution is 2.38. The number of thioether (sulfide) groups is 1. The molecule has 1 aliphatic heterocycles. The molecule has 12 nitrogen and oxygen atoms in total. The number of sulfone groups is 1. The lowest BCUT2D eigenvalue weighted by Gasteiger charge is -2.22. The molecule has 55 heavy (non-hydrogen) atoms. The number of benzene rings is 3. The van der Waals surface area contributed by atoms with Crippen molar-refractivity contribution in [2.45, 2.75) is 66.2 Å². The number of fused-ring (bicyclic) bond motifs is 2. The number of ether oxygens (including phenoxy) is 4. The molecule has 0 bridgehead atoms. The molecule has 1 saturated heterocycles. The van der Waals surface area contributed by atoms with E-state index in [2.05, 4.69) is 32.7 Å². The third-order valence-corrected chi connectivity index (χ3v) is 13.4. The minimum atomic E-state index is -3.78. The maximum absolute atomic E-state index is 13.8. The summed E-state index contributed by atoms with van der Waals surface area (Å²) in [6, 6.07) is 19.2. The Kier molecular flexibility index (Phi) is 13.8. The van der Waals surface area contributed by atoms with Gasteiger partial charge in [0.05, 0.1) is 64.3 Å². The first kappa shape index (κ1) is 40.5. The average molecular weight is 807 g/mol. The highest BCUT2D eigenvalue weighted by Gasteiger charge is 2.34. The summed E-state index contributed by atoms with van der Waals surface area (Å²) < 4.78 is 50.7. The Balaban J connectivity index is 0.909. The van der Waals surface area contributed by atoms with Crippen LogP contribution in [-0.4, -0.2) is 86.4 Å². The zero-order chi connectivity index (χ0) is 38.8. The summed E-state index contributed by atoms with van der Waals surface area (Å²) in [5.41, 5.74) is 6.00. The van der Waals surface area contributed by atoms with Crippen LogP contribution in [0.25, 0.3) is 21.1 Å². The van der Waals surface area contributed by atoms with Crippen molar-refractivity contribution >= 4 is 77.2 Å². The standard InChI is InChI=1S/C40H46N4O8S3/c1-40(2,3)55(47,48)37-24-30-31(43-28-9-10-35-33(23-28)42-26-53-35)13-14-41-32(30)25-34(37)52-21-20-51-19-18-50-17-16-49-15-5-7-27-6-4-8-29(22-27)54-36-11-12-38(45)44-39(36)46/h4,6,8-10,13-14,22-26,36H,5,7,11-12,15-21H2,1-3H3,(H,41,43)(H,44,45,46). The van der Waals surface area contributed by atoms with Crippen LogP contribution < -0.4 is 15.4 Å². The van der Waals surface area contributed by atoms with Gasteiger partial charge in [-0.2, -0.15) is 0 Å². The molecule has 0 aliphatic carbocycles. The molecule has 0 radical (unpaired) electrons. The van der Waals surface area contributed by atoms with Gasteiger partial charge in [0.25, 0.3) is 0 Å². The summed E-state index contributed by atoms with van der Waals surface area (Å²) in [5, 5.41) is 6.23. The lowest BCUT2D eigenvalue weighted by Crippen LogP contribution is -2.42. The van der Waals surface area contributed by atoms with Gasteiger partial charge in [-0.1, -0.05) is 12.1 Å². The number of rotatable bonds is 19. The molecule has 5 aromatic rings. The first-order chi connectivity index (χ1) is 26.5. The third-order valence-electron chi connectivity index (χ3n) is 8.86. The van der Waals surface area contributed by atoms with Gasteiger partial charge in [0, 0.05) is 46.9 Å². The first-order valence-electron chi connectivity index (χ1n) is 18.2. The highest BCUT2D eigenvalue weighted by molar-refractivity contribution is 8.00. The fourth-order valence-corrected chi connectivity index (χ4v) is 8.94. The fourth-order valence-electron chi connectivity index (χ4n) is 5.86. The topological polar surface area (TPSA) is 155 Å². The highest BCUT2D eigenvalue weighted by atomic mass is 32.2. The number of aromatic nitrogens is 2. The maximum Gasteiger partial charge on any atom is 0.240 e. The molecule has 1 aliphatic rings. The van der Waals surface area contributed by atoms with E-state index >= 15 is 0 Å². The Labute approximate surface area is 329 Å². The summed E-state index contributed by atoms with van der Waals surface area (Å²) >= 11 is 3.07. The van der Waals surface area contributed by atoms with Gasteiger partial charge >= 0.3 is 0 Å². The van der Waals surface area contributed by atoms with Crippen LogP contribution in [0.5, 0.6) is 5.75 Å². The number of thiazole rings is 1. The van der Waals surface area contributed by atoms with Crippen LogP contribution in [0.15, 0.2) is 82.2 Å². The number of nitrogens with one attached hydrogen (secondary N) is 2. The molecule has 1 atom stereocenters. The van der Waals surface area contributed by atoms with E-state index in [0.717, 1.165) is 39.3 Å². The van der Waals surface area contributed by atoms with Crippen molar-refractivity contribution in [2.75, 3.05) is 51.6 Å². The largest absolute Gasteiger partial charge is 0.490 e. The molecular formula is C40H46N4O8S3. The van der Waals surface area contributed by atoms with Crippen molar-refractivity contribution in [1.29, 1.82) is 0 Å². The Morgan fingerprint density at radius 3 is 2.42 bits per heavy atom. The second-order valence-corrected chi connectivity index (χ2v) is 18.8. The van der Waals surface area contributed by atoms with Crippen LogP contribution in [0, 0.1) is 0 Å². The number of amides is 2. The molecule has 1 unspecified atom stereocenters. The summed E-state index contributed by atoms with van der Waals surface area (Å²) in [7, 11) is -3.78. The van der Waals surface area contributed by atoms with Gasteiger partial charge in [0.1, 0.15) is 17.3 Å². The van der Waals surface area contributed by atoms with E-state index in [4.69, 9.17) is 18.9 Å². The number of anilines is 2. The molecule has 0 spiro atoms. The van der Waals surface area contributed by atoms with E-state index in [1.807, 2.05) is 36.4 Å². The second kappa shape index (κ2) is 18.7. The number of piperidine rings is 1. The zero-order valence-electron chi connectivity index (χ0n) is 31.2. The van der Waals surface area contributed by atoms with Crippen LogP contribution in [0.3, 0.4) is 0 Å². The third kappa shape index (κ3) is 10.8. The van der Waals surface area contributed by atoms with Gasteiger partial charge in [0.2, 0.25) is 11.8 Å². The Morgan fingerprint density at radius 1 is 0.891 bits per heavy atom. The van der Waals surface area contributed by atoms with Crippen molar-refractivity contribution in [3.8, 4) is 5.75 Å². The van der Waals surface area contributed by atoms with E-state index in [9.17, 15) is 18.0 Å². The number of hydrogen-bond donors (Lipinski definition) is 2. The minimum absolute atomic E-state index is 0.0964. The van der Waals surface area contributed by atoms with Gasteiger partial charge in [-0.3, -0.25) is 19.9 Å². The molecule has 15 heteroatoms. The average Bonchev–Trinajstić information content (AvgIpc) is 3.62. The van der Waals surface area contributed by atoms with Crippen LogP contribution >= 0.6 is 23.1 Å². The zero-order valence-corrected chi connectivity index (χ0v) is 33.6. The van der Waals surface area contributed by atoms with Crippen molar-refractivity contribution in [2.24, 2.45) is 0 Å². The van der Waals surface area contributed by atoms with Crippen molar-refractivity contribution < 1.29 is 37.0 Å². The predicted molar refractivity (Wildman–Crippen MR) is 216 cm³/mol. The van der Waals surface area contributed by atoms with Crippen molar-refractivity contribution in [3.05, 3.63) is 77.9 Å². The molecule has 2 aromatic heterocycles. The number of aryl methyl sites for hydroxylation is 1. The van der Waals surface area contributed by atoms with Gasteiger partial charge in [-0.05, 0) is 88.1 Å². The summed E-state index contributed by atoms with van der Waals surface area (Å²) in [5.74, 6) is -0.190. The van der Waals surface area contributed by atoms with Gasteiger partial charge in [-0.25, -0.2) is 13.4 Å². The van der Waals surface area contributed by atoms with Gasteiger partial charge < -0.3 is 24.3 Å². The number of imide groups is 1. The first-order valence-corrected chi connectivity index (χ1v) is 21.5. The molecule has 1 fully saturated rings. The number of carbonyl (C=O) groups excluding carboxylic acids is 2. The number of pyridine rings is 1. The minimum Gasteiger partial charge on any atom is -0.490 e. The van der Waals surface area contributed by atoms with Crippen molar-refractivity contribution in [3.63, 3.8) is 0 Å². The van der Waals surface area contributed by atoms with E-state index in [1.54, 1.807) is 55.9 Å². The number of carbonyl (C=O) groups is 2. The molecule has 3 heterocycles. The molecule has 0 saturated carbocycles. The van der Waals surface area contributed by atoms with Crippen LogP contribution in [0.2, 0.25) is 0 Å². The molecule has 6 rings (SSSR count). The Hall–Kier alpha value is -4.12. The second-order valence-electron chi connectivity index (χ2n) is 13.9. The smallest absolute Gasteiger partial charge is 0.240 e. The molecular weight excluding hydrogens is 761 g/mol. The van der Waals surface area contributed by atoms with Crippen LogP contribution in [-0.2, 0) is 40.1 Å². The Bertz CT molecular complexity index is 2220. The van der Waals surface area contributed by atoms with E-state index < -0.39 is 14.6 Å². The van der Waals surface area contributed by atoms with E-state index in [-0.39, 0.29) is 40.9 Å². The van der Waals surface area contributed by atoms with E-state index in [1.165, 1.54) is 17.3 Å². The molecule has 2 N–H and O–H groups in total. The lowest BCUT2D eigenvalue weighted by molar-refractivity contribution is -0.132. The molecule has 292 valence electrons. The number of nitrogens with zero attached hydrogens (tertiary/aromatic N) is 2. The van der Waals surface area contributed by atoms with Crippen LogP contribution in [0.1, 0.15) is 45.6 Å². The monoisotopic (exact) mass is 806 g/mol. The summed E-state index contributed by atoms with van der Waals surface area (Å²) in [6.45, 7) is 7.64. The van der Waals surface area contributed by atoms with Gasteiger partial charge in [0.15, 0.2) is 9.84 Å². The fraction of sp³-hybridized carbons (Fsp3) is 0.400. The van der Waals surface area contributed by atoms with Crippen molar-refractivity contribution in [1.82, 2.24) is 15.3 Å². The SMILES string of the molecule is CC(C)(C)S(=O)(=O)c1cc2c(Nc3ccc4scnc4c3)ccnc2cc1OCCOCCOCCOCCCc1cccc(SC2CCC(=O)NC2=O)c1. The quantitative estimate of drug-likeness (QED) is 0.0645. The van der Waals surface area contributed by atoms with E-state index in [0.29, 0.717) is 56.8 Å². The molecule has 2 amide bonds. The Morgan fingerprint density at radius 2 is 1.65 bits per heavy atom. The normalized spacial score (nSPS) is 15.1. The van der Waals surface area contributed by atoms with Crippen LogP contribution in [0.4, 0.5) is 11.4 Å². The number of hydrogen-bond acceptors (Lipinski definition) is 13.